The van der Waals surface area contributed by atoms with Crippen LogP contribution in [0.5, 0.6) is 0 Å². The number of anilines is 1. The number of fused-ring (bicyclic) bond motifs is 3. The fraction of sp³-hybridized carbons (Fsp3) is 0.176. The third-order valence-corrected chi connectivity index (χ3v) is 3.88. The Labute approximate surface area is 118 Å². The maximum atomic E-state index is 4.70. The second kappa shape index (κ2) is 4.60. The second-order valence-electron chi connectivity index (χ2n) is 5.08. The molecule has 0 aliphatic carbocycles. The van der Waals surface area contributed by atoms with Gasteiger partial charge in [-0.1, -0.05) is 48.5 Å². The Morgan fingerprint density at radius 2 is 1.75 bits per heavy atom. The van der Waals surface area contributed by atoms with Crippen molar-refractivity contribution in [2.75, 3.05) is 18.0 Å². The number of rotatable bonds is 1. The summed E-state index contributed by atoms with van der Waals surface area (Å²) in [5, 5.41) is 0. The Bertz CT molecular complexity index is 688. The van der Waals surface area contributed by atoms with Gasteiger partial charge in [-0.05, 0) is 11.6 Å². The summed E-state index contributed by atoms with van der Waals surface area (Å²) < 4.78 is 0. The lowest BCUT2D eigenvalue weighted by Gasteiger charge is -2.28. The van der Waals surface area contributed by atoms with Crippen molar-refractivity contribution in [1.82, 2.24) is 0 Å². The lowest BCUT2D eigenvalue weighted by Crippen LogP contribution is -2.32. The fourth-order valence-electron chi connectivity index (χ4n) is 2.93. The highest BCUT2D eigenvalue weighted by Gasteiger charge is 2.31. The quantitative estimate of drug-likeness (QED) is 0.775. The fourth-order valence-corrected chi connectivity index (χ4v) is 2.93. The van der Waals surface area contributed by atoms with Crippen LogP contribution in [0.4, 0.5) is 5.69 Å². The first-order valence-corrected chi connectivity index (χ1v) is 6.90. The highest BCUT2D eigenvalue weighted by atomic mass is 15.3. The van der Waals surface area contributed by atoms with E-state index in [0.717, 1.165) is 12.4 Å². The van der Waals surface area contributed by atoms with E-state index in [-0.39, 0.29) is 6.04 Å². The summed E-state index contributed by atoms with van der Waals surface area (Å²) in [6, 6.07) is 19.3. The molecule has 0 fully saturated rings. The minimum Gasteiger partial charge on any atom is -0.319 e. The van der Waals surface area contributed by atoms with Crippen LogP contribution in [0.15, 0.2) is 64.6 Å². The van der Waals surface area contributed by atoms with Crippen molar-refractivity contribution in [2.45, 2.75) is 6.04 Å². The average Bonchev–Trinajstić information content (AvgIpc) is 2.84. The van der Waals surface area contributed by atoms with Crippen molar-refractivity contribution in [3.8, 4) is 0 Å². The number of hydrogen-bond acceptors (Lipinski definition) is 3. The molecule has 1 unspecified atom stereocenters. The summed E-state index contributed by atoms with van der Waals surface area (Å²) in [6.45, 7) is 1.47. The van der Waals surface area contributed by atoms with Crippen LogP contribution in [0, 0.1) is 0 Å². The van der Waals surface area contributed by atoms with Crippen LogP contribution >= 0.6 is 0 Å². The maximum absolute atomic E-state index is 4.70. The normalized spacial score (nSPS) is 20.1. The molecule has 3 heteroatoms. The number of benzene rings is 2. The number of nitrogens with zero attached hydrogens (tertiary/aromatic N) is 3. The van der Waals surface area contributed by atoms with E-state index < -0.39 is 0 Å². The monoisotopic (exact) mass is 261 g/mol. The molecule has 2 aliphatic rings. The molecular weight excluding hydrogens is 246 g/mol. The van der Waals surface area contributed by atoms with Crippen LogP contribution in [-0.4, -0.2) is 25.1 Å². The number of amidine groups is 1. The van der Waals surface area contributed by atoms with Gasteiger partial charge in [-0.15, -0.1) is 0 Å². The van der Waals surface area contributed by atoms with E-state index in [4.69, 9.17) is 4.99 Å². The van der Waals surface area contributed by atoms with Gasteiger partial charge >= 0.3 is 0 Å². The summed E-state index contributed by atoms with van der Waals surface area (Å²) in [5.41, 5.74) is 3.68. The van der Waals surface area contributed by atoms with E-state index in [1.807, 2.05) is 6.21 Å². The molecule has 2 heterocycles. The first-order chi connectivity index (χ1) is 9.93. The van der Waals surface area contributed by atoms with Gasteiger partial charge in [0.2, 0.25) is 0 Å². The third kappa shape index (κ3) is 1.74. The minimum absolute atomic E-state index is 0.286. The molecule has 0 bridgehead atoms. The molecular formula is C17H15N3. The molecule has 2 aromatic rings. The molecule has 2 aliphatic heterocycles. The van der Waals surface area contributed by atoms with Gasteiger partial charge in [0.05, 0.1) is 24.8 Å². The number of aliphatic imine (C=N–C) groups is 2. The van der Waals surface area contributed by atoms with Gasteiger partial charge in [0.15, 0.2) is 0 Å². The predicted molar refractivity (Wildman–Crippen MR) is 82.9 cm³/mol. The zero-order chi connectivity index (χ0) is 13.4. The van der Waals surface area contributed by atoms with Gasteiger partial charge in [0.1, 0.15) is 5.84 Å². The van der Waals surface area contributed by atoms with Gasteiger partial charge in [-0.2, -0.15) is 0 Å². The highest BCUT2D eigenvalue weighted by Crippen LogP contribution is 2.34. The molecule has 0 saturated heterocycles. The van der Waals surface area contributed by atoms with Crippen molar-refractivity contribution >= 4 is 17.7 Å². The molecule has 2 aromatic carbocycles. The Kier molecular flexibility index (Phi) is 2.62. The van der Waals surface area contributed by atoms with Crippen LogP contribution in [0.3, 0.4) is 0 Å². The molecule has 1 atom stereocenters. The summed E-state index contributed by atoms with van der Waals surface area (Å²) in [4.78, 5) is 11.5. The van der Waals surface area contributed by atoms with Gasteiger partial charge in [-0.25, -0.2) is 0 Å². The third-order valence-electron chi connectivity index (χ3n) is 3.88. The summed E-state index contributed by atoms with van der Waals surface area (Å²) in [6.07, 6.45) is 1.96. The van der Waals surface area contributed by atoms with E-state index >= 15 is 0 Å². The number of para-hydroxylation sites is 1. The van der Waals surface area contributed by atoms with Crippen molar-refractivity contribution in [3.05, 3.63) is 65.7 Å². The molecule has 0 aromatic heterocycles. The van der Waals surface area contributed by atoms with E-state index in [0.29, 0.717) is 6.54 Å². The van der Waals surface area contributed by atoms with Crippen LogP contribution in [-0.2, 0) is 0 Å². The SMILES string of the molecule is C1=NCC2=NCC(c3ccccc3)N2c2ccccc21. The number of hydrogen-bond donors (Lipinski definition) is 0. The Morgan fingerprint density at radius 1 is 0.950 bits per heavy atom. The van der Waals surface area contributed by atoms with Crippen LogP contribution in [0.25, 0.3) is 0 Å². The molecule has 0 radical (unpaired) electrons. The largest absolute Gasteiger partial charge is 0.319 e. The zero-order valence-electron chi connectivity index (χ0n) is 11.1. The maximum Gasteiger partial charge on any atom is 0.126 e. The first-order valence-electron chi connectivity index (χ1n) is 6.90. The van der Waals surface area contributed by atoms with Gasteiger partial charge < -0.3 is 4.90 Å². The van der Waals surface area contributed by atoms with Crippen molar-refractivity contribution in [1.29, 1.82) is 0 Å². The summed E-state index contributed by atoms with van der Waals surface area (Å²) in [5.74, 6) is 1.07. The predicted octanol–water partition coefficient (Wildman–Crippen LogP) is 3.08. The van der Waals surface area contributed by atoms with Crippen molar-refractivity contribution < 1.29 is 0 Å². The Morgan fingerprint density at radius 3 is 2.65 bits per heavy atom. The minimum atomic E-state index is 0.286. The molecule has 0 N–H and O–H groups in total. The lowest BCUT2D eigenvalue weighted by molar-refractivity contribution is 0.769. The van der Waals surface area contributed by atoms with E-state index in [2.05, 4.69) is 64.5 Å². The molecule has 0 spiro atoms. The van der Waals surface area contributed by atoms with E-state index in [1.54, 1.807) is 0 Å². The molecule has 0 amide bonds. The Balaban J connectivity index is 1.83. The smallest absolute Gasteiger partial charge is 0.126 e. The van der Waals surface area contributed by atoms with E-state index in [9.17, 15) is 0 Å². The summed E-state index contributed by atoms with van der Waals surface area (Å²) in [7, 11) is 0. The Hall–Kier alpha value is -2.42. The average molecular weight is 261 g/mol. The molecule has 20 heavy (non-hydrogen) atoms. The summed E-state index contributed by atoms with van der Waals surface area (Å²) >= 11 is 0. The molecule has 4 rings (SSSR count). The van der Waals surface area contributed by atoms with Gasteiger partial charge in [0, 0.05) is 11.8 Å². The molecule has 98 valence electrons. The topological polar surface area (TPSA) is 28.0 Å². The van der Waals surface area contributed by atoms with Gasteiger partial charge in [0.25, 0.3) is 0 Å². The highest BCUT2D eigenvalue weighted by molar-refractivity contribution is 6.07. The standard InChI is InChI=1S/C17H15N3/c1-2-6-13(7-3-1)16-11-19-17-12-18-10-14-8-4-5-9-15(14)20(16)17/h1-10,16H,11-12H2. The van der Waals surface area contributed by atoms with Gasteiger partial charge in [-0.3, -0.25) is 9.98 Å². The van der Waals surface area contributed by atoms with Crippen LogP contribution in [0.1, 0.15) is 17.2 Å². The first kappa shape index (κ1) is 11.4. The second-order valence-corrected chi connectivity index (χ2v) is 5.08. The molecule has 3 nitrogen and oxygen atoms in total. The van der Waals surface area contributed by atoms with Crippen molar-refractivity contribution in [3.63, 3.8) is 0 Å². The van der Waals surface area contributed by atoms with E-state index in [1.165, 1.54) is 16.8 Å². The lowest BCUT2D eigenvalue weighted by atomic mass is 10.0. The van der Waals surface area contributed by atoms with Crippen molar-refractivity contribution in [2.24, 2.45) is 9.98 Å². The molecule has 0 saturated carbocycles. The van der Waals surface area contributed by atoms with Crippen LogP contribution < -0.4 is 4.90 Å². The zero-order valence-corrected chi connectivity index (χ0v) is 11.1. The van der Waals surface area contributed by atoms with Crippen LogP contribution in [0.2, 0.25) is 0 Å².